The zero-order valence-electron chi connectivity index (χ0n) is 21.0. The van der Waals surface area contributed by atoms with Gasteiger partial charge in [-0.2, -0.15) is 0 Å². The van der Waals surface area contributed by atoms with Gasteiger partial charge in [-0.3, -0.25) is 0 Å². The standard InChI is InChI=1S/C23H38N2O10/c1-17(2)21(27)33-12-10-25-23(29)35-16-14-31-19(5)7-6-8-20(26)32-11-9-24-22(28)34-15-13-30-18(3)4/h6,8,18-19H,1,7,9-16H2,2-5H3,(H,24,28)(H,25,29)/b8-6+. The molecule has 12 heteroatoms. The van der Waals surface area contributed by atoms with Gasteiger partial charge in [0, 0.05) is 11.6 Å². The van der Waals surface area contributed by atoms with Crippen molar-refractivity contribution in [3.05, 3.63) is 24.3 Å². The van der Waals surface area contributed by atoms with E-state index in [0.717, 1.165) is 0 Å². The highest BCUT2D eigenvalue weighted by atomic mass is 16.6. The predicted octanol–water partition coefficient (Wildman–Crippen LogP) is 1.88. The van der Waals surface area contributed by atoms with Gasteiger partial charge in [0.05, 0.1) is 38.5 Å². The fourth-order valence-corrected chi connectivity index (χ4v) is 2.10. The second kappa shape index (κ2) is 20.3. The number of nitrogens with one attached hydrogen (secondary N) is 2. The molecule has 1 unspecified atom stereocenters. The van der Waals surface area contributed by atoms with Crippen molar-refractivity contribution in [3.8, 4) is 0 Å². The van der Waals surface area contributed by atoms with Crippen molar-refractivity contribution in [2.24, 2.45) is 0 Å². The highest BCUT2D eigenvalue weighted by Gasteiger charge is 2.06. The number of amides is 2. The zero-order chi connectivity index (χ0) is 26.5. The molecule has 2 amide bonds. The number of ether oxygens (including phenoxy) is 6. The summed E-state index contributed by atoms with van der Waals surface area (Å²) in [4.78, 5) is 45.7. The van der Waals surface area contributed by atoms with Crippen LogP contribution in [0.1, 0.15) is 34.1 Å². The minimum absolute atomic E-state index is 0.00253. The first-order chi connectivity index (χ1) is 16.6. The summed E-state index contributed by atoms with van der Waals surface area (Å²) in [5.41, 5.74) is 0.279. The van der Waals surface area contributed by atoms with Gasteiger partial charge in [-0.15, -0.1) is 0 Å². The van der Waals surface area contributed by atoms with Crippen molar-refractivity contribution in [2.45, 2.75) is 46.3 Å². The Morgan fingerprint density at radius 1 is 0.771 bits per heavy atom. The van der Waals surface area contributed by atoms with Gasteiger partial charge in [-0.1, -0.05) is 12.7 Å². The second-order valence-electron chi connectivity index (χ2n) is 7.45. The quantitative estimate of drug-likeness (QED) is 0.123. The molecule has 0 spiro atoms. The Morgan fingerprint density at radius 2 is 1.31 bits per heavy atom. The summed E-state index contributed by atoms with van der Waals surface area (Å²) in [5.74, 6) is -1.07. The average Bonchev–Trinajstić information content (AvgIpc) is 2.79. The summed E-state index contributed by atoms with van der Waals surface area (Å²) in [5, 5.41) is 4.89. The summed E-state index contributed by atoms with van der Waals surface area (Å²) in [7, 11) is 0. The molecule has 0 aromatic rings. The maximum absolute atomic E-state index is 11.7. The molecule has 200 valence electrons. The number of carbonyl (C=O) groups is 4. The molecular weight excluding hydrogens is 464 g/mol. The predicted molar refractivity (Wildman–Crippen MR) is 126 cm³/mol. The van der Waals surface area contributed by atoms with Crippen LogP contribution in [0.3, 0.4) is 0 Å². The van der Waals surface area contributed by atoms with E-state index in [1.54, 1.807) is 13.0 Å². The van der Waals surface area contributed by atoms with Gasteiger partial charge < -0.3 is 39.1 Å². The van der Waals surface area contributed by atoms with Gasteiger partial charge in [0.25, 0.3) is 0 Å². The molecule has 0 aliphatic carbocycles. The third-order valence-electron chi connectivity index (χ3n) is 3.78. The molecule has 0 radical (unpaired) electrons. The number of esters is 2. The van der Waals surface area contributed by atoms with Gasteiger partial charge in [-0.05, 0) is 34.1 Å². The van der Waals surface area contributed by atoms with E-state index in [-0.39, 0.29) is 63.9 Å². The Kier molecular flexibility index (Phi) is 18.5. The second-order valence-corrected chi connectivity index (χ2v) is 7.45. The lowest BCUT2D eigenvalue weighted by Gasteiger charge is -2.11. The molecule has 0 heterocycles. The molecule has 0 aromatic heterocycles. The normalized spacial score (nSPS) is 11.6. The van der Waals surface area contributed by atoms with Crippen molar-refractivity contribution >= 4 is 24.1 Å². The van der Waals surface area contributed by atoms with Crippen LogP contribution >= 0.6 is 0 Å². The number of hydrogen-bond acceptors (Lipinski definition) is 10. The summed E-state index contributed by atoms with van der Waals surface area (Å²) < 4.78 is 30.3. The molecule has 2 N–H and O–H groups in total. The van der Waals surface area contributed by atoms with E-state index in [4.69, 9.17) is 28.4 Å². The van der Waals surface area contributed by atoms with E-state index in [0.29, 0.717) is 13.0 Å². The fraction of sp³-hybridized carbons (Fsp3) is 0.652. The molecule has 0 saturated heterocycles. The third kappa shape index (κ3) is 21.2. The maximum atomic E-state index is 11.7. The van der Waals surface area contributed by atoms with E-state index in [1.165, 1.54) is 13.0 Å². The van der Waals surface area contributed by atoms with Crippen LogP contribution in [-0.2, 0) is 38.0 Å². The van der Waals surface area contributed by atoms with Crippen LogP contribution < -0.4 is 10.6 Å². The molecule has 0 aromatic carbocycles. The van der Waals surface area contributed by atoms with Crippen molar-refractivity contribution < 1.29 is 47.6 Å². The Hall–Kier alpha value is -3.12. The summed E-state index contributed by atoms with van der Waals surface area (Å²) in [6.07, 6.45) is 1.89. The Bertz CT molecular complexity index is 694. The number of rotatable bonds is 18. The van der Waals surface area contributed by atoms with Crippen molar-refractivity contribution in [1.29, 1.82) is 0 Å². The molecule has 0 fully saturated rings. The smallest absolute Gasteiger partial charge is 0.407 e. The largest absolute Gasteiger partial charge is 0.461 e. The Labute approximate surface area is 206 Å². The number of alkyl carbamates (subject to hydrolysis) is 2. The van der Waals surface area contributed by atoms with E-state index in [9.17, 15) is 19.2 Å². The monoisotopic (exact) mass is 502 g/mol. The fourth-order valence-electron chi connectivity index (χ4n) is 2.10. The van der Waals surface area contributed by atoms with Crippen LogP contribution in [0.4, 0.5) is 9.59 Å². The molecule has 35 heavy (non-hydrogen) atoms. The molecular formula is C23H38N2O10. The van der Waals surface area contributed by atoms with Crippen molar-refractivity contribution in [1.82, 2.24) is 10.6 Å². The summed E-state index contributed by atoms with van der Waals surface area (Å²) in [6, 6.07) is 0. The van der Waals surface area contributed by atoms with Gasteiger partial charge >= 0.3 is 24.1 Å². The summed E-state index contributed by atoms with van der Waals surface area (Å²) in [6.45, 7) is 11.4. The van der Waals surface area contributed by atoms with Gasteiger partial charge in [0.1, 0.15) is 26.4 Å². The zero-order valence-corrected chi connectivity index (χ0v) is 21.0. The van der Waals surface area contributed by atoms with Crippen LogP contribution in [-0.4, -0.2) is 89.1 Å². The number of hydrogen-bond donors (Lipinski definition) is 2. The van der Waals surface area contributed by atoms with Crippen LogP contribution in [0.5, 0.6) is 0 Å². The van der Waals surface area contributed by atoms with E-state index in [1.807, 2.05) is 13.8 Å². The van der Waals surface area contributed by atoms with Gasteiger partial charge in [0.2, 0.25) is 0 Å². The first kappa shape index (κ1) is 31.9. The third-order valence-corrected chi connectivity index (χ3v) is 3.78. The van der Waals surface area contributed by atoms with E-state index < -0.39 is 24.1 Å². The molecule has 12 nitrogen and oxygen atoms in total. The van der Waals surface area contributed by atoms with Crippen LogP contribution in [0.2, 0.25) is 0 Å². The molecule has 0 bridgehead atoms. The lowest BCUT2D eigenvalue weighted by atomic mass is 10.2. The van der Waals surface area contributed by atoms with Gasteiger partial charge in [-0.25, -0.2) is 19.2 Å². The first-order valence-electron chi connectivity index (χ1n) is 11.3. The lowest BCUT2D eigenvalue weighted by Crippen LogP contribution is -2.29. The topological polar surface area (TPSA) is 148 Å². The lowest BCUT2D eigenvalue weighted by molar-refractivity contribution is -0.139. The molecule has 0 saturated carbocycles. The highest BCUT2D eigenvalue weighted by molar-refractivity contribution is 5.86. The van der Waals surface area contributed by atoms with Crippen LogP contribution in [0.15, 0.2) is 24.3 Å². The maximum Gasteiger partial charge on any atom is 0.407 e. The molecule has 0 aliphatic rings. The van der Waals surface area contributed by atoms with Crippen LogP contribution in [0, 0.1) is 0 Å². The Morgan fingerprint density at radius 3 is 1.86 bits per heavy atom. The van der Waals surface area contributed by atoms with Crippen LogP contribution in [0.25, 0.3) is 0 Å². The van der Waals surface area contributed by atoms with Crippen molar-refractivity contribution in [3.63, 3.8) is 0 Å². The SMILES string of the molecule is C=C(C)C(=O)OCCNC(=O)OCCOC(C)C/C=C/C(=O)OCCNC(=O)OCCOC(C)C. The van der Waals surface area contributed by atoms with E-state index >= 15 is 0 Å². The molecule has 0 aliphatic heterocycles. The average molecular weight is 503 g/mol. The minimum Gasteiger partial charge on any atom is -0.461 e. The first-order valence-corrected chi connectivity index (χ1v) is 11.3. The highest BCUT2D eigenvalue weighted by Crippen LogP contribution is 1.99. The van der Waals surface area contributed by atoms with Gasteiger partial charge in [0.15, 0.2) is 0 Å². The molecule has 0 rings (SSSR count). The minimum atomic E-state index is -0.654. The summed E-state index contributed by atoms with van der Waals surface area (Å²) >= 11 is 0. The molecule has 1 atom stereocenters. The Balaban J connectivity index is 3.69. The number of carbonyl (C=O) groups excluding carboxylic acids is 4. The van der Waals surface area contributed by atoms with E-state index in [2.05, 4.69) is 17.2 Å². The van der Waals surface area contributed by atoms with Crippen molar-refractivity contribution in [2.75, 3.05) is 52.7 Å².